The van der Waals surface area contributed by atoms with Gasteiger partial charge in [-0.05, 0) is 50.2 Å². The van der Waals surface area contributed by atoms with E-state index in [1.54, 1.807) is 0 Å². The van der Waals surface area contributed by atoms with E-state index in [1.807, 2.05) is 13.8 Å². The molecule has 122 valence electrons. The molecule has 0 saturated heterocycles. The minimum Gasteiger partial charge on any atom is -0.483 e. The van der Waals surface area contributed by atoms with Gasteiger partial charge in [-0.15, -0.1) is 0 Å². The highest BCUT2D eigenvalue weighted by Gasteiger charge is 2.28. The molecule has 3 heteroatoms. The second kappa shape index (κ2) is 7.17. The molecule has 2 rings (SSSR count). The van der Waals surface area contributed by atoms with Gasteiger partial charge in [-0.3, -0.25) is 4.79 Å². The third kappa shape index (κ3) is 4.02. The van der Waals surface area contributed by atoms with E-state index in [1.165, 1.54) is 18.4 Å². The molecular formula is C19H29NO2. The summed E-state index contributed by atoms with van der Waals surface area (Å²) in [7, 11) is 0. The quantitative estimate of drug-likeness (QED) is 0.915. The summed E-state index contributed by atoms with van der Waals surface area (Å²) in [6, 6.07) is 4.47. The van der Waals surface area contributed by atoms with Crippen LogP contribution in [0.15, 0.2) is 12.1 Å². The van der Waals surface area contributed by atoms with Crippen molar-refractivity contribution in [1.29, 1.82) is 0 Å². The summed E-state index contributed by atoms with van der Waals surface area (Å²) in [5.74, 6) is 2.05. The molecule has 1 N–H and O–H groups in total. The maximum atomic E-state index is 12.2. The first-order chi connectivity index (χ1) is 10.4. The second-order valence-corrected chi connectivity index (χ2v) is 6.96. The van der Waals surface area contributed by atoms with Crippen molar-refractivity contribution in [2.45, 2.75) is 59.9 Å². The lowest BCUT2D eigenvalue weighted by molar-refractivity contribution is -0.124. The lowest BCUT2D eigenvalue weighted by atomic mass is 9.78. The highest BCUT2D eigenvalue weighted by molar-refractivity contribution is 5.78. The molecule has 0 unspecified atom stereocenters. The predicted molar refractivity (Wildman–Crippen MR) is 90.3 cm³/mol. The number of aryl methyl sites for hydroxylation is 3. The number of carbonyl (C=O) groups is 1. The van der Waals surface area contributed by atoms with E-state index in [0.717, 1.165) is 23.3 Å². The van der Waals surface area contributed by atoms with Gasteiger partial charge in [0, 0.05) is 6.04 Å². The molecule has 0 aliphatic heterocycles. The van der Waals surface area contributed by atoms with Crippen molar-refractivity contribution in [3.8, 4) is 5.75 Å². The maximum Gasteiger partial charge on any atom is 0.258 e. The van der Waals surface area contributed by atoms with Gasteiger partial charge in [0.1, 0.15) is 5.75 Å². The zero-order valence-electron chi connectivity index (χ0n) is 14.5. The minimum absolute atomic E-state index is 0.00896. The molecule has 0 heterocycles. The average molecular weight is 303 g/mol. The third-order valence-corrected chi connectivity index (χ3v) is 5.01. The van der Waals surface area contributed by atoms with Crippen LogP contribution in [-0.2, 0) is 4.79 Å². The second-order valence-electron chi connectivity index (χ2n) is 6.96. The van der Waals surface area contributed by atoms with Crippen LogP contribution in [0.25, 0.3) is 0 Å². The fourth-order valence-electron chi connectivity index (χ4n) is 3.57. The Hall–Kier alpha value is -1.51. The number of amides is 1. The van der Waals surface area contributed by atoms with Gasteiger partial charge in [0.15, 0.2) is 6.61 Å². The van der Waals surface area contributed by atoms with E-state index >= 15 is 0 Å². The Morgan fingerprint density at radius 2 is 1.82 bits per heavy atom. The normalized spacial score (nSPS) is 24.9. The van der Waals surface area contributed by atoms with E-state index in [9.17, 15) is 4.79 Å². The lowest BCUT2D eigenvalue weighted by Crippen LogP contribution is -2.45. The summed E-state index contributed by atoms with van der Waals surface area (Å²) < 4.78 is 5.78. The largest absolute Gasteiger partial charge is 0.483 e. The Kier molecular flexibility index (Phi) is 5.49. The van der Waals surface area contributed by atoms with Gasteiger partial charge >= 0.3 is 0 Å². The molecule has 1 aromatic rings. The van der Waals surface area contributed by atoms with Crippen LogP contribution in [0, 0.1) is 32.6 Å². The number of nitrogens with one attached hydrogen (secondary N) is 1. The predicted octanol–water partition coefficient (Wildman–Crippen LogP) is 3.93. The highest BCUT2D eigenvalue weighted by atomic mass is 16.5. The van der Waals surface area contributed by atoms with Crippen LogP contribution in [0.5, 0.6) is 5.75 Å². The van der Waals surface area contributed by atoms with Gasteiger partial charge in [-0.2, -0.15) is 0 Å². The van der Waals surface area contributed by atoms with E-state index in [4.69, 9.17) is 4.74 Å². The molecule has 0 bridgehead atoms. The van der Waals surface area contributed by atoms with Crippen LogP contribution in [-0.4, -0.2) is 18.6 Å². The Bertz CT molecular complexity index is 515. The molecule has 22 heavy (non-hydrogen) atoms. The standard InChI is InChI=1S/C19H29NO2/c1-12-9-14(3)19(15(4)10-12)22-11-18(21)20-17-8-6-7-13(2)16(17)5/h9-10,13,16-17H,6-8,11H2,1-5H3,(H,20,21)/t13-,16-,17+/m1/s1. The van der Waals surface area contributed by atoms with Crippen LogP contribution >= 0.6 is 0 Å². The monoisotopic (exact) mass is 303 g/mol. The molecule has 1 aliphatic carbocycles. The Morgan fingerprint density at radius 1 is 1.18 bits per heavy atom. The van der Waals surface area contributed by atoms with Crippen LogP contribution in [0.3, 0.4) is 0 Å². The fourth-order valence-corrected chi connectivity index (χ4v) is 3.57. The highest BCUT2D eigenvalue weighted by Crippen LogP contribution is 2.29. The Labute approximate surface area is 134 Å². The van der Waals surface area contributed by atoms with Crippen molar-refractivity contribution in [2.24, 2.45) is 11.8 Å². The summed E-state index contributed by atoms with van der Waals surface area (Å²) >= 11 is 0. The molecule has 1 amide bonds. The van der Waals surface area contributed by atoms with Crippen molar-refractivity contribution in [2.75, 3.05) is 6.61 Å². The number of ether oxygens (including phenoxy) is 1. The first-order valence-electron chi connectivity index (χ1n) is 8.38. The molecule has 1 saturated carbocycles. The molecule has 0 spiro atoms. The molecular weight excluding hydrogens is 274 g/mol. The lowest BCUT2D eigenvalue weighted by Gasteiger charge is -2.34. The number of hydrogen-bond acceptors (Lipinski definition) is 2. The zero-order chi connectivity index (χ0) is 16.3. The molecule has 3 atom stereocenters. The van der Waals surface area contributed by atoms with Gasteiger partial charge in [-0.1, -0.05) is 44.4 Å². The molecule has 0 aromatic heterocycles. The van der Waals surface area contributed by atoms with E-state index in [-0.39, 0.29) is 12.5 Å². The molecule has 1 aliphatic rings. The van der Waals surface area contributed by atoms with Crippen molar-refractivity contribution in [1.82, 2.24) is 5.32 Å². The van der Waals surface area contributed by atoms with Gasteiger partial charge in [-0.25, -0.2) is 0 Å². The number of carbonyl (C=O) groups excluding carboxylic acids is 1. The van der Waals surface area contributed by atoms with Gasteiger partial charge in [0.05, 0.1) is 0 Å². The van der Waals surface area contributed by atoms with E-state index in [0.29, 0.717) is 17.9 Å². The van der Waals surface area contributed by atoms with Gasteiger partial charge in [0.2, 0.25) is 0 Å². The Balaban J connectivity index is 1.91. The van der Waals surface area contributed by atoms with Gasteiger partial charge in [0.25, 0.3) is 5.91 Å². The van der Waals surface area contributed by atoms with Crippen molar-refractivity contribution in [3.05, 3.63) is 28.8 Å². The van der Waals surface area contributed by atoms with Crippen LogP contribution in [0.1, 0.15) is 49.8 Å². The van der Waals surface area contributed by atoms with E-state index in [2.05, 4.69) is 38.2 Å². The summed E-state index contributed by atoms with van der Waals surface area (Å²) in [4.78, 5) is 12.2. The number of hydrogen-bond donors (Lipinski definition) is 1. The fraction of sp³-hybridized carbons (Fsp3) is 0.632. The SMILES string of the molecule is Cc1cc(C)c(OCC(=O)N[C@H]2CCC[C@@H](C)[C@H]2C)c(C)c1. The molecule has 0 radical (unpaired) electrons. The molecule has 1 fully saturated rings. The summed E-state index contributed by atoms with van der Waals surface area (Å²) in [6.45, 7) is 10.7. The Morgan fingerprint density at radius 3 is 2.45 bits per heavy atom. The zero-order valence-corrected chi connectivity index (χ0v) is 14.5. The van der Waals surface area contributed by atoms with Crippen LogP contribution in [0.4, 0.5) is 0 Å². The van der Waals surface area contributed by atoms with Crippen molar-refractivity contribution in [3.63, 3.8) is 0 Å². The summed E-state index contributed by atoms with van der Waals surface area (Å²) in [5.41, 5.74) is 3.40. The van der Waals surface area contributed by atoms with Crippen molar-refractivity contribution >= 4 is 5.91 Å². The van der Waals surface area contributed by atoms with Crippen LogP contribution < -0.4 is 10.1 Å². The third-order valence-electron chi connectivity index (χ3n) is 5.01. The summed E-state index contributed by atoms with van der Waals surface area (Å²) in [5, 5.41) is 3.16. The van der Waals surface area contributed by atoms with Crippen molar-refractivity contribution < 1.29 is 9.53 Å². The summed E-state index contributed by atoms with van der Waals surface area (Å²) in [6.07, 6.45) is 3.55. The van der Waals surface area contributed by atoms with Gasteiger partial charge < -0.3 is 10.1 Å². The van der Waals surface area contributed by atoms with E-state index < -0.39 is 0 Å². The minimum atomic E-state index is -0.00896. The smallest absolute Gasteiger partial charge is 0.258 e. The molecule has 1 aromatic carbocycles. The topological polar surface area (TPSA) is 38.3 Å². The first-order valence-corrected chi connectivity index (χ1v) is 8.38. The van der Waals surface area contributed by atoms with Crippen LogP contribution in [0.2, 0.25) is 0 Å². The maximum absolute atomic E-state index is 12.2. The molecule has 3 nitrogen and oxygen atoms in total. The first kappa shape index (κ1) is 16.9. The number of rotatable bonds is 4. The average Bonchev–Trinajstić information content (AvgIpc) is 2.42. The number of benzene rings is 1.